The molecule has 2 N–H and O–H groups in total. The highest BCUT2D eigenvalue weighted by Gasteiger charge is 2.38. The molecule has 1 unspecified atom stereocenters. The minimum absolute atomic E-state index is 0.0488. The van der Waals surface area contributed by atoms with Crippen molar-refractivity contribution < 1.29 is 14.7 Å². The predicted octanol–water partition coefficient (Wildman–Crippen LogP) is 0.818. The van der Waals surface area contributed by atoms with Crippen LogP contribution in [0.1, 0.15) is 66.4 Å². The molecular formula is C23H29N3O3. The molecule has 0 radical (unpaired) electrons. The number of carbonyl (C=O) groups excluding carboxylic acids is 2. The number of fused-ring (bicyclic) bond motifs is 3. The Morgan fingerprint density at radius 3 is 2.86 bits per heavy atom. The SMILES string of the molecule is O=C1CCC(Cc2cc3c(c4c2=CCCN=4)CN([C@H]2CCCC[C@@H]2O)C3=O)CN1. The Balaban J connectivity index is 1.50. The van der Waals surface area contributed by atoms with Gasteiger partial charge in [-0.1, -0.05) is 18.9 Å². The van der Waals surface area contributed by atoms with E-state index in [1.807, 2.05) is 4.90 Å². The molecule has 4 aliphatic rings. The van der Waals surface area contributed by atoms with Crippen molar-refractivity contribution in [1.29, 1.82) is 0 Å². The summed E-state index contributed by atoms with van der Waals surface area (Å²) in [4.78, 5) is 31.5. The van der Waals surface area contributed by atoms with Gasteiger partial charge in [0.05, 0.1) is 17.5 Å². The third-order valence-corrected chi connectivity index (χ3v) is 7.07. The van der Waals surface area contributed by atoms with E-state index in [4.69, 9.17) is 4.99 Å². The lowest BCUT2D eigenvalue weighted by Crippen LogP contribution is -2.45. The fourth-order valence-corrected chi connectivity index (χ4v) is 5.48. The number of aliphatic hydroxyl groups excluding tert-OH is 1. The van der Waals surface area contributed by atoms with Gasteiger partial charge in [0.2, 0.25) is 5.91 Å². The maximum absolute atomic E-state index is 13.3. The zero-order valence-corrected chi connectivity index (χ0v) is 16.8. The van der Waals surface area contributed by atoms with Gasteiger partial charge in [-0.2, -0.15) is 0 Å². The van der Waals surface area contributed by atoms with Crippen LogP contribution in [0, 0.1) is 5.92 Å². The van der Waals surface area contributed by atoms with Gasteiger partial charge in [0.1, 0.15) is 0 Å². The average Bonchev–Trinajstić information content (AvgIpc) is 3.07. The van der Waals surface area contributed by atoms with Crippen molar-refractivity contribution in [2.45, 2.75) is 70.1 Å². The number of nitrogens with one attached hydrogen (secondary N) is 1. The first-order chi connectivity index (χ1) is 14.1. The number of hydrogen-bond acceptors (Lipinski definition) is 4. The molecule has 0 aromatic heterocycles. The first kappa shape index (κ1) is 18.8. The van der Waals surface area contributed by atoms with E-state index in [2.05, 4.69) is 17.5 Å². The van der Waals surface area contributed by atoms with E-state index in [1.165, 1.54) is 10.8 Å². The van der Waals surface area contributed by atoms with Gasteiger partial charge in [-0.25, -0.2) is 0 Å². The number of aliphatic hydroxyl groups is 1. The molecule has 6 heteroatoms. The lowest BCUT2D eigenvalue weighted by Gasteiger charge is -2.35. The fourth-order valence-electron chi connectivity index (χ4n) is 5.48. The molecule has 1 saturated carbocycles. The molecule has 1 saturated heterocycles. The maximum Gasteiger partial charge on any atom is 0.254 e. The van der Waals surface area contributed by atoms with Crippen LogP contribution >= 0.6 is 0 Å². The van der Waals surface area contributed by atoms with E-state index >= 15 is 0 Å². The second kappa shape index (κ2) is 7.56. The van der Waals surface area contributed by atoms with Gasteiger partial charge >= 0.3 is 0 Å². The highest BCUT2D eigenvalue weighted by molar-refractivity contribution is 5.98. The Bertz CT molecular complexity index is 961. The van der Waals surface area contributed by atoms with Crippen molar-refractivity contribution in [2.24, 2.45) is 10.9 Å². The molecule has 3 aliphatic heterocycles. The summed E-state index contributed by atoms with van der Waals surface area (Å²) in [5, 5.41) is 15.6. The van der Waals surface area contributed by atoms with Crippen LogP contribution in [-0.4, -0.2) is 47.1 Å². The smallest absolute Gasteiger partial charge is 0.254 e. The summed E-state index contributed by atoms with van der Waals surface area (Å²) in [7, 11) is 0. The van der Waals surface area contributed by atoms with Gasteiger partial charge in [-0.15, -0.1) is 0 Å². The Hall–Kier alpha value is -2.21. The van der Waals surface area contributed by atoms with Crippen LogP contribution < -0.4 is 15.9 Å². The van der Waals surface area contributed by atoms with Crippen molar-refractivity contribution >= 4 is 17.9 Å². The van der Waals surface area contributed by atoms with Gasteiger partial charge in [0.25, 0.3) is 5.91 Å². The predicted molar refractivity (Wildman–Crippen MR) is 109 cm³/mol. The lowest BCUT2D eigenvalue weighted by molar-refractivity contribution is -0.122. The molecule has 5 rings (SSSR count). The number of benzene rings is 1. The Morgan fingerprint density at radius 2 is 2.07 bits per heavy atom. The standard InChI is InChI=1S/C23H29N3O3/c27-20-6-2-1-5-19(20)26-13-18-17(23(26)29)11-15(16-4-3-9-24-22(16)18)10-14-7-8-21(28)25-12-14/h4,11,14,19-20,27H,1-3,5-10,12-13H2,(H,25,28)/t14?,19-,20-/m0/s1. The Labute approximate surface area is 170 Å². The number of carbonyl (C=O) groups is 2. The summed E-state index contributed by atoms with van der Waals surface area (Å²) in [6.45, 7) is 2.04. The fraction of sp³-hybridized carbons (Fsp3) is 0.609. The summed E-state index contributed by atoms with van der Waals surface area (Å²) in [6.07, 6.45) is 8.86. The molecule has 0 spiro atoms. The quantitative estimate of drug-likeness (QED) is 0.795. The summed E-state index contributed by atoms with van der Waals surface area (Å²) in [5.74, 6) is 0.585. The highest BCUT2D eigenvalue weighted by Crippen LogP contribution is 2.30. The van der Waals surface area contributed by atoms with Crippen molar-refractivity contribution in [3.8, 4) is 0 Å². The zero-order valence-electron chi connectivity index (χ0n) is 16.8. The maximum atomic E-state index is 13.3. The molecule has 154 valence electrons. The van der Waals surface area contributed by atoms with Crippen molar-refractivity contribution in [3.63, 3.8) is 0 Å². The minimum Gasteiger partial charge on any atom is -0.391 e. The minimum atomic E-state index is -0.424. The topological polar surface area (TPSA) is 82.0 Å². The first-order valence-electron chi connectivity index (χ1n) is 11.1. The summed E-state index contributed by atoms with van der Waals surface area (Å²) >= 11 is 0. The second-order valence-electron chi connectivity index (χ2n) is 8.96. The highest BCUT2D eigenvalue weighted by atomic mass is 16.3. The largest absolute Gasteiger partial charge is 0.391 e. The molecule has 2 amide bonds. The van der Waals surface area contributed by atoms with E-state index in [-0.39, 0.29) is 17.9 Å². The molecule has 1 aromatic rings. The van der Waals surface area contributed by atoms with Crippen LogP contribution in [-0.2, 0) is 17.8 Å². The van der Waals surface area contributed by atoms with E-state index in [0.717, 1.165) is 68.0 Å². The van der Waals surface area contributed by atoms with Crippen LogP contribution in [0.25, 0.3) is 6.08 Å². The summed E-state index contributed by atoms with van der Waals surface area (Å²) in [5.41, 5.74) is 3.00. The summed E-state index contributed by atoms with van der Waals surface area (Å²) < 4.78 is 0. The molecule has 3 atom stereocenters. The van der Waals surface area contributed by atoms with E-state index < -0.39 is 6.10 Å². The van der Waals surface area contributed by atoms with Crippen molar-refractivity contribution in [1.82, 2.24) is 10.2 Å². The van der Waals surface area contributed by atoms with Gasteiger partial charge < -0.3 is 15.3 Å². The van der Waals surface area contributed by atoms with Crippen molar-refractivity contribution in [3.05, 3.63) is 33.3 Å². The van der Waals surface area contributed by atoms with Crippen LogP contribution in [0.4, 0.5) is 0 Å². The van der Waals surface area contributed by atoms with Crippen LogP contribution in [0.3, 0.4) is 0 Å². The van der Waals surface area contributed by atoms with Gasteiger partial charge in [0, 0.05) is 37.2 Å². The zero-order chi connectivity index (χ0) is 20.0. The first-order valence-corrected chi connectivity index (χ1v) is 11.1. The van der Waals surface area contributed by atoms with E-state index in [0.29, 0.717) is 25.4 Å². The normalized spacial score (nSPS) is 28.9. The van der Waals surface area contributed by atoms with Gasteiger partial charge in [-0.05, 0) is 54.9 Å². The number of rotatable bonds is 3. The van der Waals surface area contributed by atoms with Gasteiger partial charge in [-0.3, -0.25) is 14.6 Å². The molecule has 6 nitrogen and oxygen atoms in total. The van der Waals surface area contributed by atoms with Crippen LogP contribution in [0.5, 0.6) is 0 Å². The van der Waals surface area contributed by atoms with Crippen LogP contribution in [0.2, 0.25) is 0 Å². The Morgan fingerprint density at radius 1 is 1.21 bits per heavy atom. The van der Waals surface area contributed by atoms with Crippen molar-refractivity contribution in [2.75, 3.05) is 13.1 Å². The molecular weight excluding hydrogens is 366 g/mol. The molecule has 1 aliphatic carbocycles. The number of hydrogen-bond donors (Lipinski definition) is 2. The van der Waals surface area contributed by atoms with E-state index in [9.17, 15) is 14.7 Å². The molecule has 2 fully saturated rings. The number of nitrogens with zero attached hydrogens (tertiary/aromatic N) is 2. The monoisotopic (exact) mass is 395 g/mol. The third-order valence-electron chi connectivity index (χ3n) is 7.07. The van der Waals surface area contributed by atoms with Gasteiger partial charge in [0.15, 0.2) is 0 Å². The second-order valence-corrected chi connectivity index (χ2v) is 8.96. The third kappa shape index (κ3) is 3.37. The van der Waals surface area contributed by atoms with Crippen LogP contribution in [0.15, 0.2) is 11.1 Å². The van der Waals surface area contributed by atoms with E-state index in [1.54, 1.807) is 0 Å². The lowest BCUT2D eigenvalue weighted by atomic mass is 9.89. The number of amides is 2. The molecule has 1 aromatic carbocycles. The number of piperidine rings is 1. The summed E-state index contributed by atoms with van der Waals surface area (Å²) in [6, 6.07) is 2.00. The molecule has 0 bridgehead atoms. The Kier molecular flexibility index (Phi) is 4.90. The average molecular weight is 396 g/mol. The molecule has 29 heavy (non-hydrogen) atoms. The molecule has 3 heterocycles.